The van der Waals surface area contributed by atoms with Crippen molar-refractivity contribution in [3.05, 3.63) is 63.1 Å². The van der Waals surface area contributed by atoms with Crippen LogP contribution < -0.4 is 10.5 Å². The van der Waals surface area contributed by atoms with Gasteiger partial charge in [-0.1, -0.05) is 47.5 Å². The second-order valence-electron chi connectivity index (χ2n) is 4.83. The van der Waals surface area contributed by atoms with Crippen LogP contribution in [0.25, 0.3) is 0 Å². The van der Waals surface area contributed by atoms with Gasteiger partial charge in [0.05, 0.1) is 10.0 Å². The molecule has 0 bridgehead atoms. The summed E-state index contributed by atoms with van der Waals surface area (Å²) in [5.41, 5.74) is 8.92. The molecule has 0 fully saturated rings. The van der Waals surface area contributed by atoms with Crippen LogP contribution in [0.1, 0.15) is 29.7 Å². The van der Waals surface area contributed by atoms with Crippen molar-refractivity contribution in [1.29, 1.82) is 0 Å². The molecule has 0 saturated carbocycles. The van der Waals surface area contributed by atoms with Crippen molar-refractivity contribution in [3.63, 3.8) is 0 Å². The van der Waals surface area contributed by atoms with Crippen LogP contribution in [0, 0.1) is 6.92 Å². The number of rotatable bonds is 4. The van der Waals surface area contributed by atoms with E-state index < -0.39 is 0 Å². The van der Waals surface area contributed by atoms with Gasteiger partial charge in [-0.05, 0) is 31.5 Å². The Bertz CT molecular complexity index is 611. The molecular formula is C16H17Cl2NO. The van der Waals surface area contributed by atoms with Gasteiger partial charge in [0.15, 0.2) is 0 Å². The third-order valence-corrected chi connectivity index (χ3v) is 3.93. The summed E-state index contributed by atoms with van der Waals surface area (Å²) in [5.74, 6) is 0.788. The Hall–Kier alpha value is -1.22. The molecule has 0 aliphatic heterocycles. The fourth-order valence-corrected chi connectivity index (χ4v) is 2.33. The van der Waals surface area contributed by atoms with E-state index >= 15 is 0 Å². The third-order valence-electron chi connectivity index (χ3n) is 3.07. The van der Waals surface area contributed by atoms with Crippen molar-refractivity contribution in [1.82, 2.24) is 0 Å². The standard InChI is InChI=1S/C16H17Cl2NO/c1-10-6-7-13(11(2)19)15(8-10)20-9-12-4-3-5-14(17)16(12)18/h3-8,11H,9,19H2,1-2H3. The summed E-state index contributed by atoms with van der Waals surface area (Å²) in [4.78, 5) is 0. The number of benzene rings is 2. The minimum atomic E-state index is -0.0829. The molecule has 0 aliphatic carbocycles. The van der Waals surface area contributed by atoms with Crippen molar-refractivity contribution < 1.29 is 4.74 Å². The number of halogens is 2. The molecule has 106 valence electrons. The molecule has 0 aliphatic rings. The van der Waals surface area contributed by atoms with Gasteiger partial charge in [0.25, 0.3) is 0 Å². The van der Waals surface area contributed by atoms with E-state index in [9.17, 15) is 0 Å². The highest BCUT2D eigenvalue weighted by molar-refractivity contribution is 6.42. The minimum absolute atomic E-state index is 0.0829. The molecule has 2 rings (SSSR count). The highest BCUT2D eigenvalue weighted by Crippen LogP contribution is 2.29. The normalized spacial score (nSPS) is 12.2. The maximum Gasteiger partial charge on any atom is 0.124 e. The first kappa shape index (κ1) is 15.2. The number of hydrogen-bond donors (Lipinski definition) is 1. The summed E-state index contributed by atoms with van der Waals surface area (Å²) in [6, 6.07) is 11.4. The van der Waals surface area contributed by atoms with E-state index in [1.807, 2.05) is 44.2 Å². The molecule has 1 unspecified atom stereocenters. The van der Waals surface area contributed by atoms with Crippen molar-refractivity contribution in [2.45, 2.75) is 26.5 Å². The third kappa shape index (κ3) is 3.45. The highest BCUT2D eigenvalue weighted by Gasteiger charge is 2.10. The van der Waals surface area contributed by atoms with E-state index in [-0.39, 0.29) is 6.04 Å². The van der Waals surface area contributed by atoms with E-state index in [0.29, 0.717) is 16.7 Å². The molecular weight excluding hydrogens is 293 g/mol. The smallest absolute Gasteiger partial charge is 0.124 e. The quantitative estimate of drug-likeness (QED) is 0.871. The first-order valence-corrected chi connectivity index (χ1v) is 7.16. The molecule has 2 nitrogen and oxygen atoms in total. The lowest BCUT2D eigenvalue weighted by Gasteiger charge is -2.15. The highest BCUT2D eigenvalue weighted by atomic mass is 35.5. The van der Waals surface area contributed by atoms with Crippen molar-refractivity contribution in [2.24, 2.45) is 5.73 Å². The molecule has 1 atom stereocenters. The Morgan fingerprint density at radius 1 is 1.20 bits per heavy atom. The molecule has 20 heavy (non-hydrogen) atoms. The van der Waals surface area contributed by atoms with Gasteiger partial charge >= 0.3 is 0 Å². The predicted molar refractivity (Wildman–Crippen MR) is 84.6 cm³/mol. The summed E-state index contributed by atoms with van der Waals surface area (Å²) in [6.45, 7) is 4.32. The minimum Gasteiger partial charge on any atom is -0.488 e. The molecule has 4 heteroatoms. The molecule has 0 heterocycles. The summed E-state index contributed by atoms with van der Waals surface area (Å²) in [7, 11) is 0. The molecule has 0 saturated heterocycles. The lowest BCUT2D eigenvalue weighted by molar-refractivity contribution is 0.301. The molecule has 2 N–H and O–H groups in total. The van der Waals surface area contributed by atoms with Crippen LogP contribution in [0.5, 0.6) is 5.75 Å². The van der Waals surface area contributed by atoms with E-state index in [4.69, 9.17) is 33.7 Å². The topological polar surface area (TPSA) is 35.2 Å². The van der Waals surface area contributed by atoms with Gasteiger partial charge in [0, 0.05) is 17.2 Å². The van der Waals surface area contributed by atoms with E-state index in [0.717, 1.165) is 22.4 Å². The Labute approximate surface area is 129 Å². The van der Waals surface area contributed by atoms with Crippen LogP contribution in [-0.2, 0) is 6.61 Å². The van der Waals surface area contributed by atoms with Crippen LogP contribution in [0.15, 0.2) is 36.4 Å². The van der Waals surface area contributed by atoms with Crippen LogP contribution in [0.4, 0.5) is 0 Å². The predicted octanol–water partition coefficient (Wildman–Crippen LogP) is 4.90. The van der Waals surface area contributed by atoms with E-state index in [1.54, 1.807) is 6.07 Å². The van der Waals surface area contributed by atoms with Gasteiger partial charge in [-0.2, -0.15) is 0 Å². The van der Waals surface area contributed by atoms with Crippen LogP contribution in [0.2, 0.25) is 10.0 Å². The zero-order valence-corrected chi connectivity index (χ0v) is 13.0. The Kier molecular flexibility index (Phi) is 4.92. The molecule has 0 spiro atoms. The molecule has 0 amide bonds. The summed E-state index contributed by atoms with van der Waals surface area (Å²) in [6.07, 6.45) is 0. The van der Waals surface area contributed by atoms with Gasteiger partial charge < -0.3 is 10.5 Å². The number of hydrogen-bond acceptors (Lipinski definition) is 2. The summed E-state index contributed by atoms with van der Waals surface area (Å²) >= 11 is 12.2. The summed E-state index contributed by atoms with van der Waals surface area (Å²) in [5, 5.41) is 1.06. The van der Waals surface area contributed by atoms with Crippen LogP contribution >= 0.6 is 23.2 Å². The average Bonchev–Trinajstić information content (AvgIpc) is 2.40. The van der Waals surface area contributed by atoms with Gasteiger partial charge in [0.2, 0.25) is 0 Å². The van der Waals surface area contributed by atoms with Gasteiger partial charge in [-0.25, -0.2) is 0 Å². The van der Waals surface area contributed by atoms with Gasteiger partial charge in [0.1, 0.15) is 12.4 Å². The lowest BCUT2D eigenvalue weighted by atomic mass is 10.1. The second-order valence-corrected chi connectivity index (χ2v) is 5.62. The van der Waals surface area contributed by atoms with Crippen LogP contribution in [0.3, 0.4) is 0 Å². The van der Waals surface area contributed by atoms with Crippen molar-refractivity contribution in [2.75, 3.05) is 0 Å². The molecule has 2 aromatic carbocycles. The molecule has 0 aromatic heterocycles. The molecule has 0 radical (unpaired) electrons. The largest absolute Gasteiger partial charge is 0.488 e. The number of nitrogens with two attached hydrogens (primary N) is 1. The van der Waals surface area contributed by atoms with E-state index in [1.165, 1.54) is 0 Å². The molecule has 2 aromatic rings. The van der Waals surface area contributed by atoms with Crippen molar-refractivity contribution in [3.8, 4) is 5.75 Å². The van der Waals surface area contributed by atoms with E-state index in [2.05, 4.69) is 0 Å². The summed E-state index contributed by atoms with van der Waals surface area (Å²) < 4.78 is 5.88. The Balaban J connectivity index is 2.22. The zero-order chi connectivity index (χ0) is 14.7. The maximum atomic E-state index is 6.16. The van der Waals surface area contributed by atoms with Crippen molar-refractivity contribution >= 4 is 23.2 Å². The average molecular weight is 310 g/mol. The SMILES string of the molecule is Cc1ccc(C(C)N)c(OCc2cccc(Cl)c2Cl)c1. The number of ether oxygens (including phenoxy) is 1. The lowest BCUT2D eigenvalue weighted by Crippen LogP contribution is -2.08. The van der Waals surface area contributed by atoms with Gasteiger partial charge in [-0.3, -0.25) is 0 Å². The monoisotopic (exact) mass is 309 g/mol. The van der Waals surface area contributed by atoms with Crippen LogP contribution in [-0.4, -0.2) is 0 Å². The second kappa shape index (κ2) is 6.49. The first-order valence-electron chi connectivity index (χ1n) is 6.41. The zero-order valence-electron chi connectivity index (χ0n) is 11.5. The fourth-order valence-electron chi connectivity index (χ4n) is 1.96. The van der Waals surface area contributed by atoms with Gasteiger partial charge in [-0.15, -0.1) is 0 Å². The number of aryl methyl sites for hydroxylation is 1. The Morgan fingerprint density at radius 2 is 1.95 bits per heavy atom. The fraction of sp³-hybridized carbons (Fsp3) is 0.250. The maximum absolute atomic E-state index is 6.16. The Morgan fingerprint density at radius 3 is 2.65 bits per heavy atom. The first-order chi connectivity index (χ1) is 9.49.